The molecule has 39 heavy (non-hydrogen) atoms. The van der Waals surface area contributed by atoms with E-state index in [1.807, 2.05) is 6.07 Å². The topological polar surface area (TPSA) is 173 Å². The van der Waals surface area contributed by atoms with Gasteiger partial charge in [0, 0.05) is 12.5 Å². The molecule has 0 fully saturated rings. The van der Waals surface area contributed by atoms with Crippen molar-refractivity contribution < 1.29 is 18.7 Å². The summed E-state index contributed by atoms with van der Waals surface area (Å²) < 4.78 is 29.6. The number of carbonyl (C=O) groups is 1. The lowest BCUT2D eigenvalue weighted by molar-refractivity contribution is 0.201. The number of nitrogen functional groups attached to an aromatic ring is 2. The molecule has 0 radical (unpaired) electrons. The van der Waals surface area contributed by atoms with Crippen molar-refractivity contribution in [2.45, 2.75) is 13.0 Å². The molecule has 3 heterocycles. The maximum atomic E-state index is 14.3. The summed E-state index contributed by atoms with van der Waals surface area (Å²) >= 11 is 0. The Morgan fingerprint density at radius 1 is 1.08 bits per heavy atom. The fraction of sp³-hybridized carbons (Fsp3) is 0.0769. The van der Waals surface area contributed by atoms with Crippen LogP contribution < -0.4 is 16.4 Å². The van der Waals surface area contributed by atoms with Gasteiger partial charge in [-0.3, -0.25) is 4.90 Å². The minimum atomic E-state index is -1.38. The highest BCUT2D eigenvalue weighted by Crippen LogP contribution is 2.31. The molecule has 11 nitrogen and oxygen atoms in total. The molecule has 0 saturated heterocycles. The average Bonchev–Trinajstić information content (AvgIpc) is 3.26. The van der Waals surface area contributed by atoms with Crippen LogP contribution in [0.2, 0.25) is 0 Å². The van der Waals surface area contributed by atoms with Crippen LogP contribution in [-0.2, 0) is 13.0 Å². The predicted molar refractivity (Wildman–Crippen MR) is 138 cm³/mol. The van der Waals surface area contributed by atoms with Gasteiger partial charge in [0.15, 0.2) is 11.6 Å². The normalized spacial score (nSPS) is 10.9. The minimum Gasteiger partial charge on any atom is -0.465 e. The molecule has 0 aliphatic carbocycles. The van der Waals surface area contributed by atoms with Crippen molar-refractivity contribution in [3.05, 3.63) is 94.8 Å². The van der Waals surface area contributed by atoms with Crippen LogP contribution in [0.15, 0.2) is 60.8 Å². The molecular formula is C26H19F2N9O2. The third-order valence-electron chi connectivity index (χ3n) is 5.89. The van der Waals surface area contributed by atoms with Crippen LogP contribution in [-0.4, -0.2) is 35.9 Å². The zero-order chi connectivity index (χ0) is 27.7. The summed E-state index contributed by atoms with van der Waals surface area (Å²) in [5.41, 5.74) is 14.2. The summed E-state index contributed by atoms with van der Waals surface area (Å²) in [6.07, 6.45) is -0.320. The predicted octanol–water partition coefficient (Wildman–Crippen LogP) is 3.80. The van der Waals surface area contributed by atoms with Crippen molar-refractivity contribution in [3.8, 4) is 12.0 Å². The zero-order valence-corrected chi connectivity index (χ0v) is 20.1. The Morgan fingerprint density at radius 3 is 2.51 bits per heavy atom. The Balaban J connectivity index is 1.58. The van der Waals surface area contributed by atoms with E-state index in [1.54, 1.807) is 36.4 Å². The van der Waals surface area contributed by atoms with Crippen LogP contribution in [0.5, 0.6) is 0 Å². The van der Waals surface area contributed by atoms with E-state index in [4.69, 9.17) is 16.7 Å². The highest BCUT2D eigenvalue weighted by molar-refractivity contribution is 5.94. The molecule has 0 bridgehead atoms. The third-order valence-corrected chi connectivity index (χ3v) is 5.89. The van der Waals surface area contributed by atoms with Gasteiger partial charge in [-0.1, -0.05) is 30.3 Å². The Hall–Kier alpha value is -5.64. The van der Waals surface area contributed by atoms with Gasteiger partial charge in [-0.2, -0.15) is 25.0 Å². The van der Waals surface area contributed by atoms with Crippen molar-refractivity contribution >= 4 is 34.4 Å². The summed E-state index contributed by atoms with van der Waals surface area (Å²) in [5.74, 6) is -1.82. The van der Waals surface area contributed by atoms with E-state index in [-0.39, 0.29) is 47.3 Å². The highest BCUT2D eigenvalue weighted by atomic mass is 19.1. The molecule has 13 heteroatoms. The SMILES string of the molecule is N#Cc1cccc(CN(C(=O)O)c2c(N)nc(-n3nc(Cc4ccccc4F)c4ncc(F)cc43)nc2N)c1. The van der Waals surface area contributed by atoms with Gasteiger partial charge < -0.3 is 16.6 Å². The van der Waals surface area contributed by atoms with Crippen molar-refractivity contribution in [2.75, 3.05) is 16.4 Å². The summed E-state index contributed by atoms with van der Waals surface area (Å²) in [7, 11) is 0. The fourth-order valence-corrected chi connectivity index (χ4v) is 4.14. The van der Waals surface area contributed by atoms with Crippen LogP contribution in [0, 0.1) is 23.0 Å². The van der Waals surface area contributed by atoms with Crippen molar-refractivity contribution in [2.24, 2.45) is 0 Å². The molecule has 0 aliphatic rings. The molecule has 0 unspecified atom stereocenters. The first-order valence-corrected chi connectivity index (χ1v) is 11.4. The van der Waals surface area contributed by atoms with Gasteiger partial charge in [0.1, 0.15) is 22.8 Å². The van der Waals surface area contributed by atoms with Gasteiger partial charge in [0.2, 0.25) is 0 Å². The van der Waals surface area contributed by atoms with Crippen LogP contribution in [0.4, 0.5) is 30.9 Å². The van der Waals surface area contributed by atoms with E-state index in [1.165, 1.54) is 16.8 Å². The molecule has 5 rings (SSSR count). The van der Waals surface area contributed by atoms with Crippen molar-refractivity contribution in [1.29, 1.82) is 5.26 Å². The maximum absolute atomic E-state index is 14.3. The Labute approximate surface area is 219 Å². The highest BCUT2D eigenvalue weighted by Gasteiger charge is 2.25. The molecule has 3 aromatic heterocycles. The number of aromatic nitrogens is 5. The Bertz CT molecular complexity index is 1760. The number of pyridine rings is 1. The number of nitrogens with zero attached hydrogens (tertiary/aromatic N) is 7. The monoisotopic (exact) mass is 527 g/mol. The lowest BCUT2D eigenvalue weighted by Crippen LogP contribution is -2.31. The van der Waals surface area contributed by atoms with E-state index >= 15 is 0 Å². The van der Waals surface area contributed by atoms with Crippen LogP contribution in [0.3, 0.4) is 0 Å². The molecule has 5 N–H and O–H groups in total. The number of nitriles is 1. The lowest BCUT2D eigenvalue weighted by Gasteiger charge is -2.22. The second-order valence-electron chi connectivity index (χ2n) is 8.47. The van der Waals surface area contributed by atoms with Crippen molar-refractivity contribution in [1.82, 2.24) is 24.7 Å². The van der Waals surface area contributed by atoms with E-state index in [9.17, 15) is 18.7 Å². The van der Waals surface area contributed by atoms with Gasteiger partial charge >= 0.3 is 6.09 Å². The average molecular weight is 527 g/mol. The first-order valence-electron chi connectivity index (χ1n) is 11.4. The summed E-state index contributed by atoms with van der Waals surface area (Å²) in [6.45, 7) is -0.186. The molecule has 1 amide bonds. The number of amides is 1. The van der Waals surface area contributed by atoms with Gasteiger partial charge in [-0.05, 0) is 29.3 Å². The number of rotatable bonds is 6. The molecular weight excluding hydrogens is 508 g/mol. The molecule has 5 aromatic rings. The smallest absolute Gasteiger partial charge is 0.412 e. The Morgan fingerprint density at radius 2 is 1.82 bits per heavy atom. The molecule has 0 spiro atoms. The van der Waals surface area contributed by atoms with E-state index in [0.29, 0.717) is 22.4 Å². The van der Waals surface area contributed by atoms with Gasteiger partial charge in [0.05, 0.1) is 35.6 Å². The number of halogens is 2. The largest absolute Gasteiger partial charge is 0.465 e. The summed E-state index contributed by atoms with van der Waals surface area (Å²) in [6, 6.07) is 15.7. The molecule has 194 valence electrons. The molecule has 0 atom stereocenters. The molecule has 2 aromatic carbocycles. The number of hydrogen-bond donors (Lipinski definition) is 3. The lowest BCUT2D eigenvalue weighted by atomic mass is 10.1. The first-order chi connectivity index (χ1) is 18.7. The maximum Gasteiger partial charge on any atom is 0.412 e. The number of nitrogens with two attached hydrogens (primary N) is 2. The van der Waals surface area contributed by atoms with E-state index in [0.717, 1.165) is 17.2 Å². The van der Waals surface area contributed by atoms with Gasteiger partial charge in [0.25, 0.3) is 5.95 Å². The van der Waals surface area contributed by atoms with Crippen molar-refractivity contribution in [3.63, 3.8) is 0 Å². The van der Waals surface area contributed by atoms with Crippen LogP contribution >= 0.6 is 0 Å². The van der Waals surface area contributed by atoms with Crippen LogP contribution in [0.25, 0.3) is 17.0 Å². The van der Waals surface area contributed by atoms with Gasteiger partial charge in [-0.15, -0.1) is 0 Å². The Kier molecular flexibility index (Phi) is 6.43. The third kappa shape index (κ3) is 4.86. The summed E-state index contributed by atoms with van der Waals surface area (Å²) in [4.78, 5) is 25.5. The van der Waals surface area contributed by atoms with E-state index < -0.39 is 17.7 Å². The van der Waals surface area contributed by atoms with E-state index in [2.05, 4.69) is 20.1 Å². The first kappa shape index (κ1) is 25.0. The number of fused-ring (bicyclic) bond motifs is 1. The van der Waals surface area contributed by atoms with Crippen LogP contribution in [0.1, 0.15) is 22.4 Å². The second-order valence-corrected chi connectivity index (χ2v) is 8.47. The number of hydrogen-bond acceptors (Lipinski definition) is 8. The number of benzene rings is 2. The fourth-order valence-electron chi connectivity index (χ4n) is 4.14. The number of anilines is 3. The summed E-state index contributed by atoms with van der Waals surface area (Å²) in [5, 5.41) is 23.5. The van der Waals surface area contributed by atoms with Gasteiger partial charge in [-0.25, -0.2) is 18.6 Å². The zero-order valence-electron chi connectivity index (χ0n) is 20.1. The minimum absolute atomic E-state index is 0.0480. The standard InChI is InChI=1S/C26H19F2N9O2/c27-17-10-20-21(32-12-17)19(9-16-6-1-2-7-18(16)28)35-37(20)25-33-23(30)22(24(31)34-25)36(26(38)39)13-15-5-3-4-14(8-15)11-29/h1-8,10,12H,9,13H2,(H,38,39)(H4,30,31,33,34). The molecule has 0 saturated carbocycles. The number of carboxylic acid groups (broad SMARTS) is 1. The molecule has 0 aliphatic heterocycles. The second kappa shape index (κ2) is 10.0. The quantitative estimate of drug-likeness (QED) is 0.297.